The molecule has 2 amide bonds. The van der Waals surface area contributed by atoms with Crippen LogP contribution in [0.5, 0.6) is 0 Å². The molecule has 3 heterocycles. The van der Waals surface area contributed by atoms with Crippen molar-refractivity contribution in [3.05, 3.63) is 34.0 Å². The Balaban J connectivity index is 1.34. The lowest BCUT2D eigenvalue weighted by atomic mass is 9.77. The van der Waals surface area contributed by atoms with E-state index in [2.05, 4.69) is 4.98 Å². The number of aromatic nitrogens is 1. The predicted octanol–water partition coefficient (Wildman–Crippen LogP) is 2.77. The van der Waals surface area contributed by atoms with E-state index in [0.717, 1.165) is 24.3 Å². The summed E-state index contributed by atoms with van der Waals surface area (Å²) >= 11 is 1.46. The van der Waals surface area contributed by atoms with Gasteiger partial charge in [0.15, 0.2) is 0 Å². The van der Waals surface area contributed by atoms with Crippen molar-refractivity contribution in [2.75, 3.05) is 39.0 Å². The minimum atomic E-state index is -0.547. The molecule has 0 N–H and O–H groups in total. The van der Waals surface area contributed by atoms with E-state index in [1.807, 2.05) is 29.0 Å². The van der Waals surface area contributed by atoms with Crippen molar-refractivity contribution in [3.63, 3.8) is 0 Å². The molecule has 1 saturated carbocycles. The number of carbonyl (C=O) groups is 3. The van der Waals surface area contributed by atoms with Crippen LogP contribution in [0.3, 0.4) is 0 Å². The molecule has 10 heteroatoms. The SMILES string of the molecule is CSc1ncccc1C(=O)N1CCC2(CCN(C(=O)CC3C(=O)CC(C)C3C[N+](=O)[O-])C2)CC1. The van der Waals surface area contributed by atoms with Gasteiger partial charge in [-0.05, 0) is 49.0 Å². The van der Waals surface area contributed by atoms with Gasteiger partial charge < -0.3 is 9.80 Å². The van der Waals surface area contributed by atoms with Crippen molar-refractivity contribution in [1.29, 1.82) is 0 Å². The summed E-state index contributed by atoms with van der Waals surface area (Å²) < 4.78 is 0. The summed E-state index contributed by atoms with van der Waals surface area (Å²) in [6.07, 6.45) is 6.55. The van der Waals surface area contributed by atoms with Crippen LogP contribution in [0.4, 0.5) is 0 Å². The van der Waals surface area contributed by atoms with Crippen LogP contribution in [0.2, 0.25) is 0 Å². The van der Waals surface area contributed by atoms with Gasteiger partial charge in [-0.3, -0.25) is 24.5 Å². The summed E-state index contributed by atoms with van der Waals surface area (Å²) in [6, 6.07) is 3.60. The first kappa shape index (κ1) is 24.6. The van der Waals surface area contributed by atoms with Crippen LogP contribution in [0, 0.1) is 33.3 Å². The van der Waals surface area contributed by atoms with Crippen molar-refractivity contribution < 1.29 is 19.3 Å². The Labute approximate surface area is 203 Å². The quantitative estimate of drug-likeness (QED) is 0.344. The summed E-state index contributed by atoms with van der Waals surface area (Å²) in [6.45, 7) is 4.17. The Morgan fingerprint density at radius 3 is 2.56 bits per heavy atom. The molecule has 0 bridgehead atoms. The number of nitro groups is 1. The molecule has 184 valence electrons. The highest BCUT2D eigenvalue weighted by Crippen LogP contribution is 2.42. The van der Waals surface area contributed by atoms with E-state index in [9.17, 15) is 24.5 Å². The number of likely N-dealkylation sites (tertiary alicyclic amines) is 2. The number of rotatable bonds is 6. The van der Waals surface area contributed by atoms with Crippen LogP contribution >= 0.6 is 11.8 Å². The molecule has 1 aromatic rings. The summed E-state index contributed by atoms with van der Waals surface area (Å²) in [5, 5.41) is 11.8. The Hall–Kier alpha value is -2.49. The molecule has 0 radical (unpaired) electrons. The van der Waals surface area contributed by atoms with Gasteiger partial charge in [-0.25, -0.2) is 4.98 Å². The lowest BCUT2D eigenvalue weighted by molar-refractivity contribution is -0.490. The van der Waals surface area contributed by atoms with E-state index < -0.39 is 5.92 Å². The third kappa shape index (κ3) is 4.96. The van der Waals surface area contributed by atoms with E-state index in [1.165, 1.54) is 11.8 Å². The first-order valence-corrected chi connectivity index (χ1v) is 13.2. The molecule has 1 aliphatic carbocycles. The Bertz CT molecular complexity index is 978. The van der Waals surface area contributed by atoms with Crippen LogP contribution in [0.1, 0.15) is 49.4 Å². The van der Waals surface area contributed by atoms with E-state index in [0.29, 0.717) is 38.2 Å². The van der Waals surface area contributed by atoms with Crippen molar-refractivity contribution in [3.8, 4) is 0 Å². The molecule has 34 heavy (non-hydrogen) atoms. The zero-order valence-corrected chi connectivity index (χ0v) is 20.6. The van der Waals surface area contributed by atoms with Gasteiger partial charge in [-0.1, -0.05) is 6.92 Å². The van der Waals surface area contributed by atoms with E-state index in [-0.39, 0.29) is 52.7 Å². The number of pyridine rings is 1. The van der Waals surface area contributed by atoms with Gasteiger partial charge in [0.25, 0.3) is 5.91 Å². The maximum absolute atomic E-state index is 13.1. The van der Waals surface area contributed by atoms with Crippen LogP contribution < -0.4 is 0 Å². The molecule has 3 unspecified atom stereocenters. The van der Waals surface area contributed by atoms with Crippen molar-refractivity contribution in [1.82, 2.24) is 14.8 Å². The summed E-state index contributed by atoms with van der Waals surface area (Å²) in [5.41, 5.74) is 0.630. The number of Topliss-reactive ketones (excluding diaryl/α,β-unsaturated/α-hetero) is 1. The largest absolute Gasteiger partial charge is 0.342 e. The van der Waals surface area contributed by atoms with Gasteiger partial charge in [0.05, 0.1) is 5.56 Å². The molecule has 4 rings (SSSR count). The van der Waals surface area contributed by atoms with Gasteiger partial charge in [-0.15, -0.1) is 11.8 Å². The molecular formula is C24H32N4O5S. The number of thioether (sulfide) groups is 1. The molecule has 2 aliphatic heterocycles. The fourth-order valence-corrected chi connectivity index (χ4v) is 6.49. The van der Waals surface area contributed by atoms with E-state index in [4.69, 9.17) is 0 Å². The van der Waals surface area contributed by atoms with E-state index >= 15 is 0 Å². The van der Waals surface area contributed by atoms with Gasteiger partial charge >= 0.3 is 0 Å². The second kappa shape index (κ2) is 10.0. The summed E-state index contributed by atoms with van der Waals surface area (Å²) in [5.74, 6) is -1.06. The second-order valence-electron chi connectivity index (χ2n) is 10.1. The highest BCUT2D eigenvalue weighted by molar-refractivity contribution is 7.98. The molecular weight excluding hydrogens is 456 g/mol. The molecule has 0 aromatic carbocycles. The zero-order chi connectivity index (χ0) is 24.5. The van der Waals surface area contributed by atoms with Crippen LogP contribution in [0.15, 0.2) is 23.4 Å². The fourth-order valence-electron chi connectivity index (χ4n) is 5.94. The van der Waals surface area contributed by atoms with Crippen molar-refractivity contribution >= 4 is 29.4 Å². The Morgan fingerprint density at radius 2 is 1.91 bits per heavy atom. The van der Waals surface area contributed by atoms with Gasteiger partial charge in [-0.2, -0.15) is 0 Å². The van der Waals surface area contributed by atoms with Crippen molar-refractivity contribution in [2.45, 2.75) is 44.1 Å². The molecule has 9 nitrogen and oxygen atoms in total. The maximum atomic E-state index is 13.1. The third-order valence-corrected chi connectivity index (χ3v) is 8.75. The highest BCUT2D eigenvalue weighted by Gasteiger charge is 2.47. The van der Waals surface area contributed by atoms with Crippen LogP contribution in [0.25, 0.3) is 0 Å². The standard InChI is InChI=1S/C24H32N4O5S/c1-16-12-20(29)18(19(16)14-28(32)33)13-21(30)27-11-7-24(15-27)5-9-26(10-6-24)23(31)17-4-3-8-25-22(17)34-2/h3-4,8,16,18-19H,5-7,9-15H2,1-2H3. The second-order valence-corrected chi connectivity index (χ2v) is 10.9. The van der Waals surface area contributed by atoms with Gasteiger partial charge in [0.2, 0.25) is 12.5 Å². The predicted molar refractivity (Wildman–Crippen MR) is 127 cm³/mol. The molecule has 3 fully saturated rings. The average Bonchev–Trinajstić information content (AvgIpc) is 3.34. The zero-order valence-electron chi connectivity index (χ0n) is 19.8. The van der Waals surface area contributed by atoms with Gasteiger partial charge in [0, 0.05) is 62.0 Å². The third-order valence-electron chi connectivity index (χ3n) is 8.04. The highest BCUT2D eigenvalue weighted by atomic mass is 32.2. The van der Waals surface area contributed by atoms with Crippen molar-refractivity contribution in [2.24, 2.45) is 23.2 Å². The first-order valence-electron chi connectivity index (χ1n) is 11.9. The number of piperidine rings is 1. The average molecular weight is 489 g/mol. The minimum absolute atomic E-state index is 0.00305. The molecule has 1 spiro atoms. The normalized spacial score (nSPS) is 26.3. The van der Waals surface area contributed by atoms with E-state index in [1.54, 1.807) is 12.3 Å². The molecule has 1 aromatic heterocycles. The summed E-state index contributed by atoms with van der Waals surface area (Å²) in [7, 11) is 0. The number of nitrogens with zero attached hydrogens (tertiary/aromatic N) is 4. The Morgan fingerprint density at radius 1 is 1.24 bits per heavy atom. The number of ketones is 1. The monoisotopic (exact) mass is 488 g/mol. The fraction of sp³-hybridized carbons (Fsp3) is 0.667. The number of hydrogen-bond acceptors (Lipinski definition) is 7. The van der Waals surface area contributed by atoms with Crippen LogP contribution in [-0.4, -0.2) is 76.3 Å². The number of carbonyl (C=O) groups excluding carboxylic acids is 3. The lowest BCUT2D eigenvalue weighted by Gasteiger charge is -2.39. The minimum Gasteiger partial charge on any atom is -0.342 e. The van der Waals surface area contributed by atoms with Crippen LogP contribution in [-0.2, 0) is 9.59 Å². The first-order chi connectivity index (χ1) is 16.2. The number of hydrogen-bond donors (Lipinski definition) is 0. The summed E-state index contributed by atoms with van der Waals surface area (Å²) in [4.78, 5) is 57.3. The lowest BCUT2D eigenvalue weighted by Crippen LogP contribution is -2.45. The molecule has 3 atom stereocenters. The topological polar surface area (TPSA) is 114 Å². The molecule has 3 aliphatic rings. The molecule has 2 saturated heterocycles. The maximum Gasteiger partial charge on any atom is 0.256 e. The number of amides is 2. The Kier molecular flexibility index (Phi) is 7.25. The smallest absolute Gasteiger partial charge is 0.256 e. The van der Waals surface area contributed by atoms with Gasteiger partial charge in [0.1, 0.15) is 10.8 Å².